The van der Waals surface area contributed by atoms with E-state index in [1.165, 1.54) is 0 Å². The molecule has 2 N–H and O–H groups in total. The van der Waals surface area contributed by atoms with E-state index in [2.05, 4.69) is 6.92 Å². The topological polar surface area (TPSA) is 60.8 Å². The Morgan fingerprint density at radius 2 is 1.55 bits per heavy atom. The summed E-state index contributed by atoms with van der Waals surface area (Å²) in [5.41, 5.74) is 0. The Kier molecular flexibility index (Phi) is 16.5. The second kappa shape index (κ2) is 13.0. The Labute approximate surface area is 78.9 Å². The molecule has 0 bridgehead atoms. The Hall–Kier alpha value is 0.394. The van der Waals surface area contributed by atoms with E-state index in [0.29, 0.717) is 19.6 Å². The van der Waals surface area contributed by atoms with Crippen molar-refractivity contribution in [3.05, 3.63) is 6.92 Å². The fourth-order valence-corrected chi connectivity index (χ4v) is 0.618. The van der Waals surface area contributed by atoms with Crippen molar-refractivity contribution < 1.29 is 33.9 Å². The average molecular weight is 196 g/mol. The molecule has 0 radical (unpaired) electrons. The first-order valence-corrected chi connectivity index (χ1v) is 3.92. The quantitative estimate of drug-likeness (QED) is 0.436. The first-order chi connectivity index (χ1) is 5.35. The van der Waals surface area contributed by atoms with Gasteiger partial charge >= 0.3 is 23.7 Å². The van der Waals surface area contributed by atoms with Crippen LogP contribution in [0.2, 0.25) is 0 Å². The Morgan fingerprint density at radius 1 is 1.18 bits per heavy atom. The molecule has 0 atom stereocenters. The Balaban J connectivity index is 0. The van der Waals surface area contributed by atoms with Gasteiger partial charge in [0.25, 0.3) is 0 Å². The number of aliphatic hydroxyl groups excluding tert-OH is 2. The molecular weight excluding hydrogens is 182 g/mol. The van der Waals surface area contributed by atoms with Crippen molar-refractivity contribution in [1.29, 1.82) is 0 Å². The van der Waals surface area contributed by atoms with Crippen LogP contribution in [0.15, 0.2) is 0 Å². The maximum atomic E-state index is 8.44. The van der Waals surface area contributed by atoms with Crippen molar-refractivity contribution in [3.8, 4) is 0 Å². The van der Waals surface area contributed by atoms with Crippen LogP contribution in [0.1, 0.15) is 0 Å². The van der Waals surface area contributed by atoms with Gasteiger partial charge in [-0.25, -0.2) is 0 Å². The van der Waals surface area contributed by atoms with Gasteiger partial charge < -0.3 is 22.0 Å². The molecule has 0 spiro atoms. The summed E-state index contributed by atoms with van der Waals surface area (Å²) in [6, 6.07) is 0. The van der Waals surface area contributed by atoms with E-state index >= 15 is 0 Å². The van der Waals surface area contributed by atoms with Crippen molar-refractivity contribution in [2.75, 3.05) is 32.8 Å². The molecule has 0 aromatic rings. The molecule has 0 aliphatic rings. The minimum absolute atomic E-state index is 0.134. The van der Waals surface area contributed by atoms with E-state index in [0.717, 1.165) is 20.4 Å². The van der Waals surface area contributed by atoms with Gasteiger partial charge in [-0.2, -0.15) is 0 Å². The standard InChI is InChI=1S/C6H14NO2.O.Ti/c1-2-7(3-5-8)4-6-9;;/h8-9H,1-6H2;;/q-1;;+1. The first kappa shape index (κ1) is 13.9. The van der Waals surface area contributed by atoms with Crippen molar-refractivity contribution in [1.82, 2.24) is 4.90 Å². The third-order valence-corrected chi connectivity index (χ3v) is 1.15. The zero-order valence-electron chi connectivity index (χ0n) is 6.49. The molecule has 0 aromatic carbocycles. The van der Waals surface area contributed by atoms with Crippen LogP contribution in [0.25, 0.3) is 0 Å². The van der Waals surface area contributed by atoms with Gasteiger partial charge in [-0.05, 0) is 0 Å². The Morgan fingerprint density at radius 3 is 1.73 bits per heavy atom. The van der Waals surface area contributed by atoms with Crippen LogP contribution >= 0.6 is 0 Å². The van der Waals surface area contributed by atoms with Crippen LogP contribution in [0.5, 0.6) is 0 Å². The van der Waals surface area contributed by atoms with Crippen LogP contribution < -0.4 is 0 Å². The van der Waals surface area contributed by atoms with Gasteiger partial charge in [0.05, 0.1) is 13.2 Å². The van der Waals surface area contributed by atoms with E-state index in [1.54, 1.807) is 0 Å². The van der Waals surface area contributed by atoms with Gasteiger partial charge in [0, 0.05) is 13.1 Å². The number of rotatable bonds is 5. The van der Waals surface area contributed by atoms with Crippen molar-refractivity contribution in [3.63, 3.8) is 0 Å². The molecule has 0 saturated carbocycles. The molecule has 0 amide bonds. The summed E-state index contributed by atoms with van der Waals surface area (Å²) in [6.07, 6.45) is 0. The summed E-state index contributed by atoms with van der Waals surface area (Å²) in [5.74, 6) is 0. The van der Waals surface area contributed by atoms with Gasteiger partial charge in [0.15, 0.2) is 0 Å². The normalized spacial score (nSPS) is 9.27. The summed E-state index contributed by atoms with van der Waals surface area (Å²) in [6.45, 7) is 5.74. The molecule has 0 unspecified atom stereocenters. The van der Waals surface area contributed by atoms with Gasteiger partial charge in [-0.15, -0.1) is 6.54 Å². The van der Waals surface area contributed by atoms with E-state index < -0.39 is 0 Å². The fraction of sp³-hybridized carbons (Fsp3) is 0.833. The van der Waals surface area contributed by atoms with E-state index in [4.69, 9.17) is 13.5 Å². The monoisotopic (exact) mass is 196 g/mol. The molecule has 11 heavy (non-hydrogen) atoms. The summed E-state index contributed by atoms with van der Waals surface area (Å²) in [7, 11) is 0. The summed E-state index contributed by atoms with van der Waals surface area (Å²) >= 11 is 0.750. The minimum atomic E-state index is 0.134. The second-order valence-corrected chi connectivity index (χ2v) is 1.79. The number of hydrogen-bond donors (Lipinski definition) is 2. The van der Waals surface area contributed by atoms with Crippen molar-refractivity contribution in [2.24, 2.45) is 0 Å². The van der Waals surface area contributed by atoms with Crippen molar-refractivity contribution >= 4 is 0 Å². The molecule has 0 saturated heterocycles. The maximum absolute atomic E-state index is 8.44. The molecule has 0 aliphatic heterocycles. The molecule has 4 nitrogen and oxygen atoms in total. The van der Waals surface area contributed by atoms with Crippen LogP contribution in [0.3, 0.4) is 0 Å². The summed E-state index contributed by atoms with van der Waals surface area (Å²) in [4.78, 5) is 1.88. The van der Waals surface area contributed by atoms with E-state index in [1.807, 2.05) is 4.90 Å². The first-order valence-electron chi connectivity index (χ1n) is 3.29. The SMILES string of the molecule is [CH2-]CN(CCO)CCO.[O]=[Ti+]. The second-order valence-electron chi connectivity index (χ2n) is 1.79. The Bertz CT molecular complexity index is 68.8. The molecule has 0 heterocycles. The van der Waals surface area contributed by atoms with Gasteiger partial charge in [-0.3, -0.25) is 0 Å². The third-order valence-electron chi connectivity index (χ3n) is 1.15. The third kappa shape index (κ3) is 10.4. The predicted molar refractivity (Wildman–Crippen MR) is 36.7 cm³/mol. The molecular formula is C6H14NO3Ti. The molecule has 0 aliphatic carbocycles. The molecule has 5 heteroatoms. The van der Waals surface area contributed by atoms with Gasteiger partial charge in [-0.1, -0.05) is 0 Å². The van der Waals surface area contributed by atoms with E-state index in [-0.39, 0.29) is 13.2 Å². The molecule has 0 fully saturated rings. The molecule has 0 rings (SSSR count). The summed E-state index contributed by atoms with van der Waals surface area (Å²) < 4.78 is 8.25. The van der Waals surface area contributed by atoms with Crippen LogP contribution in [0, 0.1) is 6.92 Å². The molecule has 0 aromatic heterocycles. The van der Waals surface area contributed by atoms with Crippen molar-refractivity contribution in [2.45, 2.75) is 0 Å². The summed E-state index contributed by atoms with van der Waals surface area (Å²) in [5, 5.41) is 16.9. The van der Waals surface area contributed by atoms with Crippen LogP contribution in [-0.2, 0) is 23.7 Å². The molecule has 65 valence electrons. The van der Waals surface area contributed by atoms with Crippen LogP contribution in [-0.4, -0.2) is 48.0 Å². The fourth-order valence-electron chi connectivity index (χ4n) is 0.618. The predicted octanol–water partition coefficient (Wildman–Crippen LogP) is -1.01. The average Bonchev–Trinajstić information content (AvgIpc) is 2.08. The zero-order valence-corrected chi connectivity index (χ0v) is 8.05. The van der Waals surface area contributed by atoms with Gasteiger partial charge in [0.2, 0.25) is 0 Å². The zero-order chi connectivity index (χ0) is 9.11. The number of nitrogens with zero attached hydrogens (tertiary/aromatic N) is 1. The van der Waals surface area contributed by atoms with Crippen LogP contribution in [0.4, 0.5) is 0 Å². The van der Waals surface area contributed by atoms with E-state index in [9.17, 15) is 0 Å². The van der Waals surface area contributed by atoms with Gasteiger partial charge in [0.1, 0.15) is 0 Å². The number of aliphatic hydroxyl groups is 2. The number of hydrogen-bond acceptors (Lipinski definition) is 4.